The van der Waals surface area contributed by atoms with Crippen LogP contribution in [0.25, 0.3) is 5.57 Å². The summed E-state index contributed by atoms with van der Waals surface area (Å²) >= 11 is 0. The van der Waals surface area contributed by atoms with Gasteiger partial charge in [0.15, 0.2) is 0 Å². The number of hydrogen-bond donors (Lipinski definition) is 1. The molecule has 1 nitrogen and oxygen atoms in total. The largest absolute Gasteiger partial charge is 0.330 e. The Morgan fingerprint density at radius 2 is 2.06 bits per heavy atom. The lowest BCUT2D eigenvalue weighted by Crippen LogP contribution is -2.01. The Hall–Kier alpha value is -1.22. The first-order chi connectivity index (χ1) is 7.56. The maximum atomic E-state index is 13.6. The van der Waals surface area contributed by atoms with Crippen LogP contribution in [0.15, 0.2) is 24.3 Å². The van der Waals surface area contributed by atoms with Crippen molar-refractivity contribution in [2.24, 2.45) is 11.7 Å². The fourth-order valence-corrected chi connectivity index (χ4v) is 1.61. The molecule has 2 N–H and O–H groups in total. The Morgan fingerprint density at radius 1 is 1.38 bits per heavy atom. The Kier molecular flexibility index (Phi) is 4.62. The molecule has 0 saturated carbocycles. The third-order valence-corrected chi connectivity index (χ3v) is 2.39. The molecule has 1 aromatic rings. The van der Waals surface area contributed by atoms with E-state index in [4.69, 9.17) is 5.73 Å². The molecule has 0 fully saturated rings. The van der Waals surface area contributed by atoms with Gasteiger partial charge in [-0.15, -0.1) is 0 Å². The van der Waals surface area contributed by atoms with E-state index in [0.29, 0.717) is 18.5 Å². The molecular weight excluding hydrogens is 208 g/mol. The fraction of sp³-hybridized carbons (Fsp3) is 0.385. The molecule has 0 heterocycles. The Balaban J connectivity index is 3.15. The summed E-state index contributed by atoms with van der Waals surface area (Å²) in [5.74, 6) is -0.670. The molecule has 1 rings (SSSR count). The number of allylic oxidation sites excluding steroid dienone is 1. The van der Waals surface area contributed by atoms with Crippen LogP contribution in [0, 0.1) is 17.6 Å². The highest BCUT2D eigenvalue weighted by atomic mass is 19.1. The second-order valence-electron chi connectivity index (χ2n) is 4.02. The number of rotatable bonds is 4. The molecule has 0 radical (unpaired) electrons. The first kappa shape index (κ1) is 12.8. The molecule has 0 spiro atoms. The Morgan fingerprint density at radius 3 is 2.62 bits per heavy atom. The lowest BCUT2D eigenvalue weighted by Gasteiger charge is -2.13. The van der Waals surface area contributed by atoms with Crippen molar-refractivity contribution in [2.75, 3.05) is 6.54 Å². The minimum absolute atomic E-state index is 0.142. The second-order valence-corrected chi connectivity index (χ2v) is 4.02. The smallest absolute Gasteiger partial charge is 0.130 e. The molecule has 0 aliphatic heterocycles. The van der Waals surface area contributed by atoms with Gasteiger partial charge in [0.2, 0.25) is 0 Å². The van der Waals surface area contributed by atoms with Crippen LogP contribution in [-0.4, -0.2) is 6.54 Å². The number of benzene rings is 1. The normalized spacial score (nSPS) is 12.2. The van der Waals surface area contributed by atoms with E-state index in [2.05, 4.69) is 0 Å². The molecule has 0 bridgehead atoms. The van der Waals surface area contributed by atoms with Crippen molar-refractivity contribution in [3.05, 3.63) is 41.5 Å². The second kappa shape index (κ2) is 5.75. The van der Waals surface area contributed by atoms with Gasteiger partial charge in [0, 0.05) is 5.56 Å². The number of hydrogen-bond acceptors (Lipinski definition) is 1. The first-order valence-electron chi connectivity index (χ1n) is 5.41. The topological polar surface area (TPSA) is 26.0 Å². The standard InChI is InChI=1S/C13H17F2N/c1-9(2)11(4-3-7-16)12-8-10(14)5-6-13(12)15/h4-6,8-9H,3,7,16H2,1-2H3/b11-4+. The number of nitrogens with two attached hydrogens (primary N) is 1. The van der Waals surface area contributed by atoms with Gasteiger partial charge >= 0.3 is 0 Å². The van der Waals surface area contributed by atoms with Gasteiger partial charge in [-0.3, -0.25) is 0 Å². The van der Waals surface area contributed by atoms with Gasteiger partial charge < -0.3 is 5.73 Å². The molecule has 16 heavy (non-hydrogen) atoms. The molecule has 0 amide bonds. The third kappa shape index (κ3) is 3.14. The summed E-state index contributed by atoms with van der Waals surface area (Å²) in [6.07, 6.45) is 2.55. The predicted octanol–water partition coefficient (Wildman–Crippen LogP) is 3.35. The lowest BCUT2D eigenvalue weighted by molar-refractivity contribution is 0.594. The van der Waals surface area contributed by atoms with Crippen molar-refractivity contribution in [3.8, 4) is 0 Å². The quantitative estimate of drug-likeness (QED) is 0.835. The molecule has 0 aromatic heterocycles. The van der Waals surface area contributed by atoms with Gasteiger partial charge in [0.05, 0.1) is 0 Å². The van der Waals surface area contributed by atoms with Crippen molar-refractivity contribution < 1.29 is 8.78 Å². The monoisotopic (exact) mass is 225 g/mol. The van der Waals surface area contributed by atoms with Gasteiger partial charge in [0.25, 0.3) is 0 Å². The predicted molar refractivity (Wildman–Crippen MR) is 62.8 cm³/mol. The van der Waals surface area contributed by atoms with E-state index >= 15 is 0 Å². The molecular formula is C13H17F2N. The fourth-order valence-electron chi connectivity index (χ4n) is 1.61. The summed E-state index contributed by atoms with van der Waals surface area (Å²) in [6, 6.07) is 3.51. The van der Waals surface area contributed by atoms with E-state index in [9.17, 15) is 8.78 Å². The molecule has 3 heteroatoms. The van der Waals surface area contributed by atoms with Crippen molar-refractivity contribution in [2.45, 2.75) is 20.3 Å². The summed E-state index contributed by atoms with van der Waals surface area (Å²) in [4.78, 5) is 0. The van der Waals surface area contributed by atoms with Gasteiger partial charge in [0.1, 0.15) is 11.6 Å². The zero-order valence-corrected chi connectivity index (χ0v) is 9.63. The lowest BCUT2D eigenvalue weighted by atomic mass is 9.94. The van der Waals surface area contributed by atoms with Gasteiger partial charge in [-0.2, -0.15) is 0 Å². The van der Waals surface area contributed by atoms with Crippen LogP contribution < -0.4 is 5.73 Å². The van der Waals surface area contributed by atoms with Crippen molar-refractivity contribution in [1.82, 2.24) is 0 Å². The molecule has 0 aliphatic carbocycles. The van der Waals surface area contributed by atoms with Crippen LogP contribution in [0.4, 0.5) is 8.78 Å². The zero-order chi connectivity index (χ0) is 12.1. The average molecular weight is 225 g/mol. The van der Waals surface area contributed by atoms with E-state index in [0.717, 1.165) is 17.7 Å². The summed E-state index contributed by atoms with van der Waals surface area (Å²) in [5, 5.41) is 0. The molecule has 0 unspecified atom stereocenters. The highest BCUT2D eigenvalue weighted by Crippen LogP contribution is 2.26. The minimum atomic E-state index is -0.421. The number of halogens is 2. The Labute approximate surface area is 95.0 Å². The van der Waals surface area contributed by atoms with Crippen LogP contribution in [-0.2, 0) is 0 Å². The van der Waals surface area contributed by atoms with E-state index in [1.54, 1.807) is 0 Å². The summed E-state index contributed by atoms with van der Waals surface area (Å²) in [5.41, 5.74) is 6.55. The van der Waals surface area contributed by atoms with Crippen LogP contribution in [0.1, 0.15) is 25.8 Å². The van der Waals surface area contributed by atoms with E-state index in [1.807, 2.05) is 19.9 Å². The highest BCUT2D eigenvalue weighted by molar-refractivity contribution is 5.67. The van der Waals surface area contributed by atoms with Crippen LogP contribution in [0.5, 0.6) is 0 Å². The van der Waals surface area contributed by atoms with Crippen LogP contribution >= 0.6 is 0 Å². The maximum absolute atomic E-state index is 13.6. The van der Waals surface area contributed by atoms with E-state index in [1.165, 1.54) is 6.07 Å². The first-order valence-corrected chi connectivity index (χ1v) is 5.41. The molecule has 88 valence electrons. The van der Waals surface area contributed by atoms with E-state index in [-0.39, 0.29) is 5.92 Å². The zero-order valence-electron chi connectivity index (χ0n) is 9.63. The summed E-state index contributed by atoms with van der Waals surface area (Å²) < 4.78 is 26.6. The third-order valence-electron chi connectivity index (χ3n) is 2.39. The van der Waals surface area contributed by atoms with E-state index < -0.39 is 11.6 Å². The molecule has 1 aromatic carbocycles. The van der Waals surface area contributed by atoms with Gasteiger partial charge in [-0.1, -0.05) is 19.9 Å². The SMILES string of the molecule is CC(C)/C(=C\CCN)c1cc(F)ccc1F. The Bertz CT molecular complexity index is 384. The van der Waals surface area contributed by atoms with Crippen LogP contribution in [0.2, 0.25) is 0 Å². The molecule has 0 atom stereocenters. The van der Waals surface area contributed by atoms with Crippen molar-refractivity contribution >= 4 is 5.57 Å². The highest BCUT2D eigenvalue weighted by Gasteiger charge is 2.12. The summed E-state index contributed by atoms with van der Waals surface area (Å²) in [6.45, 7) is 4.41. The van der Waals surface area contributed by atoms with Crippen molar-refractivity contribution in [1.29, 1.82) is 0 Å². The maximum Gasteiger partial charge on any atom is 0.130 e. The van der Waals surface area contributed by atoms with Gasteiger partial charge in [-0.05, 0) is 42.7 Å². The average Bonchev–Trinajstić information content (AvgIpc) is 2.23. The van der Waals surface area contributed by atoms with Gasteiger partial charge in [-0.25, -0.2) is 8.78 Å². The molecule has 0 saturated heterocycles. The van der Waals surface area contributed by atoms with Crippen molar-refractivity contribution in [3.63, 3.8) is 0 Å². The van der Waals surface area contributed by atoms with Crippen LogP contribution in [0.3, 0.4) is 0 Å². The minimum Gasteiger partial charge on any atom is -0.330 e. The molecule has 0 aliphatic rings. The summed E-state index contributed by atoms with van der Waals surface area (Å²) in [7, 11) is 0.